The van der Waals surface area contributed by atoms with Gasteiger partial charge in [0.25, 0.3) is 0 Å². The Balaban J connectivity index is 2.30. The van der Waals surface area contributed by atoms with Gasteiger partial charge in [-0.25, -0.2) is 4.39 Å². The van der Waals surface area contributed by atoms with Gasteiger partial charge in [0.05, 0.1) is 7.11 Å². The zero-order valence-corrected chi connectivity index (χ0v) is 12.4. The highest BCUT2D eigenvalue weighted by Gasteiger charge is 2.15. The van der Waals surface area contributed by atoms with Crippen LogP contribution >= 0.6 is 23.2 Å². The van der Waals surface area contributed by atoms with Crippen molar-refractivity contribution in [3.8, 4) is 5.75 Å². The molecule has 0 saturated carbocycles. The van der Waals surface area contributed by atoms with Gasteiger partial charge in [-0.1, -0.05) is 23.2 Å². The van der Waals surface area contributed by atoms with Crippen molar-refractivity contribution in [1.29, 1.82) is 0 Å². The minimum Gasteiger partial charge on any atom is -0.496 e. The van der Waals surface area contributed by atoms with Crippen LogP contribution in [0.2, 0.25) is 10.0 Å². The highest BCUT2D eigenvalue weighted by Crippen LogP contribution is 2.30. The molecule has 0 fully saturated rings. The first-order valence-electron chi connectivity index (χ1n) is 6.04. The van der Waals surface area contributed by atoms with Gasteiger partial charge in [-0.2, -0.15) is 0 Å². The van der Waals surface area contributed by atoms with E-state index in [0.29, 0.717) is 27.8 Å². The molecule has 0 spiro atoms. The van der Waals surface area contributed by atoms with Crippen molar-refractivity contribution in [3.05, 3.63) is 63.4 Å². The quantitative estimate of drug-likeness (QED) is 0.909. The monoisotopic (exact) mass is 313 g/mol. The van der Waals surface area contributed by atoms with Crippen molar-refractivity contribution >= 4 is 23.2 Å². The molecule has 0 radical (unpaired) electrons. The van der Waals surface area contributed by atoms with Gasteiger partial charge < -0.3 is 10.5 Å². The van der Waals surface area contributed by atoms with Crippen LogP contribution < -0.4 is 10.5 Å². The van der Waals surface area contributed by atoms with Gasteiger partial charge in [0.2, 0.25) is 0 Å². The number of halogens is 3. The molecule has 106 valence electrons. The summed E-state index contributed by atoms with van der Waals surface area (Å²) in [5, 5.41) is 1.04. The van der Waals surface area contributed by atoms with E-state index in [2.05, 4.69) is 0 Å². The van der Waals surface area contributed by atoms with E-state index in [1.807, 2.05) is 0 Å². The number of methoxy groups -OCH3 is 1. The van der Waals surface area contributed by atoms with Gasteiger partial charge >= 0.3 is 0 Å². The first-order chi connectivity index (χ1) is 9.51. The van der Waals surface area contributed by atoms with Crippen molar-refractivity contribution in [2.45, 2.75) is 12.5 Å². The zero-order chi connectivity index (χ0) is 14.7. The molecule has 0 heterocycles. The SMILES string of the molecule is COc1ccc(Cl)cc1C(N)Cc1cc(Cl)ccc1F. The normalized spacial score (nSPS) is 12.2. The third kappa shape index (κ3) is 3.42. The first kappa shape index (κ1) is 15.1. The van der Waals surface area contributed by atoms with Crippen molar-refractivity contribution in [3.63, 3.8) is 0 Å². The Morgan fingerprint density at radius 3 is 2.50 bits per heavy atom. The number of nitrogens with two attached hydrogens (primary N) is 1. The van der Waals surface area contributed by atoms with E-state index >= 15 is 0 Å². The lowest BCUT2D eigenvalue weighted by Crippen LogP contribution is -2.15. The molecule has 2 N–H and O–H groups in total. The second-order valence-corrected chi connectivity index (χ2v) is 5.31. The van der Waals surface area contributed by atoms with Crippen LogP contribution in [0.15, 0.2) is 36.4 Å². The molecule has 2 aromatic rings. The Bertz CT molecular complexity index is 619. The number of hydrogen-bond donors (Lipinski definition) is 1. The van der Waals surface area contributed by atoms with Gasteiger partial charge in [0.1, 0.15) is 11.6 Å². The van der Waals surface area contributed by atoms with Crippen LogP contribution in [-0.2, 0) is 6.42 Å². The lowest BCUT2D eigenvalue weighted by molar-refractivity contribution is 0.405. The zero-order valence-electron chi connectivity index (χ0n) is 10.9. The Morgan fingerprint density at radius 1 is 1.15 bits per heavy atom. The summed E-state index contributed by atoms with van der Waals surface area (Å²) in [6.45, 7) is 0. The average Bonchev–Trinajstić information content (AvgIpc) is 2.42. The van der Waals surface area contributed by atoms with Crippen molar-refractivity contribution in [2.75, 3.05) is 7.11 Å². The van der Waals surface area contributed by atoms with Crippen LogP contribution in [0.3, 0.4) is 0 Å². The Morgan fingerprint density at radius 2 is 1.80 bits per heavy atom. The molecule has 0 aliphatic heterocycles. The summed E-state index contributed by atoms with van der Waals surface area (Å²) in [6.07, 6.45) is 0.309. The number of hydrogen-bond acceptors (Lipinski definition) is 2. The maximum atomic E-state index is 13.7. The van der Waals surface area contributed by atoms with Crippen LogP contribution in [0.4, 0.5) is 4.39 Å². The van der Waals surface area contributed by atoms with Gasteiger partial charge in [-0.15, -0.1) is 0 Å². The number of benzene rings is 2. The molecule has 0 saturated heterocycles. The van der Waals surface area contributed by atoms with Crippen molar-refractivity contribution < 1.29 is 9.13 Å². The molecule has 0 aliphatic carbocycles. The summed E-state index contributed by atoms with van der Waals surface area (Å²) < 4.78 is 19.0. The van der Waals surface area contributed by atoms with Crippen LogP contribution in [0.25, 0.3) is 0 Å². The van der Waals surface area contributed by atoms with E-state index in [0.717, 1.165) is 5.56 Å². The van der Waals surface area contributed by atoms with E-state index in [-0.39, 0.29) is 5.82 Å². The second-order valence-electron chi connectivity index (χ2n) is 4.43. The molecular weight excluding hydrogens is 300 g/mol. The standard InChI is InChI=1S/C15H14Cl2FNO/c1-20-15-5-3-11(17)8-12(15)14(19)7-9-6-10(16)2-4-13(9)18/h2-6,8,14H,7,19H2,1H3. The van der Waals surface area contributed by atoms with Crippen molar-refractivity contribution in [2.24, 2.45) is 5.73 Å². The number of rotatable bonds is 4. The highest BCUT2D eigenvalue weighted by molar-refractivity contribution is 6.31. The average molecular weight is 314 g/mol. The van der Waals surface area contributed by atoms with E-state index in [1.54, 1.807) is 31.4 Å². The minimum atomic E-state index is -0.434. The molecule has 2 nitrogen and oxygen atoms in total. The Labute approximate surface area is 127 Å². The molecule has 0 bridgehead atoms. The molecule has 1 unspecified atom stereocenters. The molecule has 5 heteroatoms. The van der Waals surface area contributed by atoms with E-state index < -0.39 is 6.04 Å². The van der Waals surface area contributed by atoms with Crippen molar-refractivity contribution in [1.82, 2.24) is 0 Å². The third-order valence-electron chi connectivity index (χ3n) is 3.04. The van der Waals surface area contributed by atoms with Crippen LogP contribution in [0.1, 0.15) is 17.2 Å². The molecule has 1 atom stereocenters. The summed E-state index contributed by atoms with van der Waals surface area (Å²) in [5.41, 5.74) is 7.34. The molecule has 0 amide bonds. The smallest absolute Gasteiger partial charge is 0.126 e. The van der Waals surface area contributed by atoms with E-state index in [4.69, 9.17) is 33.7 Å². The fourth-order valence-electron chi connectivity index (χ4n) is 2.04. The molecule has 2 rings (SSSR count). The molecule has 20 heavy (non-hydrogen) atoms. The molecular formula is C15H14Cl2FNO. The van der Waals surface area contributed by atoms with Crippen LogP contribution in [0.5, 0.6) is 5.75 Å². The first-order valence-corrected chi connectivity index (χ1v) is 6.80. The van der Waals surface area contributed by atoms with Crippen LogP contribution in [-0.4, -0.2) is 7.11 Å². The van der Waals surface area contributed by atoms with Gasteiger partial charge in [0.15, 0.2) is 0 Å². The maximum absolute atomic E-state index is 13.7. The fraction of sp³-hybridized carbons (Fsp3) is 0.200. The molecule has 0 aliphatic rings. The predicted octanol–water partition coefficient (Wildman–Crippen LogP) is 4.38. The Kier molecular flexibility index (Phi) is 4.86. The topological polar surface area (TPSA) is 35.2 Å². The summed E-state index contributed by atoms with van der Waals surface area (Å²) in [6, 6.07) is 9.17. The fourth-order valence-corrected chi connectivity index (χ4v) is 2.42. The lowest BCUT2D eigenvalue weighted by atomic mass is 9.98. The molecule has 2 aromatic carbocycles. The molecule has 0 aromatic heterocycles. The van der Waals surface area contributed by atoms with Gasteiger partial charge in [-0.05, 0) is 48.4 Å². The predicted molar refractivity (Wildman–Crippen MR) is 80.0 cm³/mol. The largest absolute Gasteiger partial charge is 0.496 e. The van der Waals surface area contributed by atoms with E-state index in [1.165, 1.54) is 12.1 Å². The van der Waals surface area contributed by atoms with Gasteiger partial charge in [-0.3, -0.25) is 0 Å². The Hall–Kier alpha value is -1.29. The third-order valence-corrected chi connectivity index (χ3v) is 3.51. The summed E-state index contributed by atoms with van der Waals surface area (Å²) in [4.78, 5) is 0. The van der Waals surface area contributed by atoms with E-state index in [9.17, 15) is 4.39 Å². The number of ether oxygens (including phenoxy) is 1. The van der Waals surface area contributed by atoms with Crippen LogP contribution in [0, 0.1) is 5.82 Å². The highest BCUT2D eigenvalue weighted by atomic mass is 35.5. The second kappa shape index (κ2) is 6.44. The minimum absolute atomic E-state index is 0.309. The summed E-state index contributed by atoms with van der Waals surface area (Å²) in [5.74, 6) is 0.301. The lowest BCUT2D eigenvalue weighted by Gasteiger charge is -2.16. The maximum Gasteiger partial charge on any atom is 0.126 e. The van der Waals surface area contributed by atoms with Gasteiger partial charge in [0, 0.05) is 21.7 Å². The summed E-state index contributed by atoms with van der Waals surface area (Å²) >= 11 is 11.8. The summed E-state index contributed by atoms with van der Waals surface area (Å²) in [7, 11) is 1.55.